The van der Waals surface area contributed by atoms with E-state index in [-0.39, 0.29) is 54.1 Å². The van der Waals surface area contributed by atoms with E-state index < -0.39 is 64.7 Å². The maximum atomic E-state index is 15.2. The van der Waals surface area contributed by atoms with Crippen molar-refractivity contribution in [1.82, 2.24) is 15.1 Å². The van der Waals surface area contributed by atoms with E-state index in [2.05, 4.69) is 10.4 Å². The average Bonchev–Trinajstić information content (AvgIpc) is 3.40. The summed E-state index contributed by atoms with van der Waals surface area (Å²) in [4.78, 5) is 37.6. The van der Waals surface area contributed by atoms with Gasteiger partial charge in [0.2, 0.25) is 0 Å². The first-order valence-electron chi connectivity index (χ1n) is 12.4. The molecule has 0 radical (unpaired) electrons. The van der Waals surface area contributed by atoms with Gasteiger partial charge in [0.25, 0.3) is 5.91 Å². The van der Waals surface area contributed by atoms with E-state index in [1.165, 1.54) is 12.1 Å². The summed E-state index contributed by atoms with van der Waals surface area (Å²) in [5, 5.41) is 15.6. The van der Waals surface area contributed by atoms with Gasteiger partial charge in [0.05, 0.1) is 44.9 Å². The molecule has 0 spiro atoms. The quantitative estimate of drug-likeness (QED) is 0.266. The lowest BCUT2D eigenvalue weighted by atomic mass is 9.74. The summed E-state index contributed by atoms with van der Waals surface area (Å²) in [6, 6.07) is 0.826. The second-order valence-corrected chi connectivity index (χ2v) is 11.6. The number of carboxylic acid groups (broad SMARTS) is 1. The number of halogens is 6. The van der Waals surface area contributed by atoms with E-state index >= 15 is 4.39 Å². The van der Waals surface area contributed by atoms with Crippen molar-refractivity contribution in [1.29, 1.82) is 0 Å². The number of carbonyl (C=O) groups is 3. The molecule has 0 bridgehead atoms. The fourth-order valence-corrected chi connectivity index (χ4v) is 5.91. The molecule has 39 heavy (non-hydrogen) atoms. The van der Waals surface area contributed by atoms with Gasteiger partial charge >= 0.3 is 12.1 Å². The number of rotatable bonds is 8. The molecule has 0 saturated heterocycles. The van der Waals surface area contributed by atoms with Crippen LogP contribution in [0.15, 0.2) is 18.3 Å². The third-order valence-corrected chi connectivity index (χ3v) is 8.34. The Morgan fingerprint density at radius 1 is 1.15 bits per heavy atom. The number of aromatic nitrogens is 2. The van der Waals surface area contributed by atoms with Crippen LogP contribution in [0.1, 0.15) is 89.9 Å². The molecule has 0 aliphatic heterocycles. The number of hydrogen-bond acceptors (Lipinski definition) is 4. The van der Waals surface area contributed by atoms with Crippen LogP contribution in [0.25, 0.3) is 0 Å². The minimum atomic E-state index is -4.97. The Bertz CT molecular complexity index is 1290. The number of hydrogen-bond donors (Lipinski definition) is 2. The highest BCUT2D eigenvalue weighted by Gasteiger charge is 2.52. The predicted molar refractivity (Wildman–Crippen MR) is 135 cm³/mol. The molecule has 2 aliphatic carbocycles. The third kappa shape index (κ3) is 5.94. The highest BCUT2D eigenvalue weighted by atomic mass is 35.5. The van der Waals surface area contributed by atoms with E-state index in [1.807, 2.05) is 0 Å². The first kappa shape index (κ1) is 29.3. The summed E-state index contributed by atoms with van der Waals surface area (Å²) >= 11 is 12.3. The Kier molecular flexibility index (Phi) is 7.81. The Morgan fingerprint density at radius 2 is 1.72 bits per heavy atom. The molecule has 13 heteroatoms. The van der Waals surface area contributed by atoms with Crippen molar-refractivity contribution in [3.05, 3.63) is 50.8 Å². The Balaban J connectivity index is 1.58. The van der Waals surface area contributed by atoms with Crippen LogP contribution < -0.4 is 5.32 Å². The number of aliphatic carboxylic acids is 1. The van der Waals surface area contributed by atoms with Crippen LogP contribution in [0.3, 0.4) is 0 Å². The first-order chi connectivity index (χ1) is 18.1. The van der Waals surface area contributed by atoms with Crippen LogP contribution >= 0.6 is 23.2 Å². The van der Waals surface area contributed by atoms with Crippen LogP contribution in [-0.2, 0) is 11.0 Å². The maximum Gasteiger partial charge on any atom is 0.433 e. The predicted octanol–water partition coefficient (Wildman–Crippen LogP) is 6.60. The van der Waals surface area contributed by atoms with Crippen molar-refractivity contribution in [2.24, 2.45) is 5.41 Å². The average molecular weight is 592 g/mol. The number of benzene rings is 1. The largest absolute Gasteiger partial charge is 0.481 e. The maximum absolute atomic E-state index is 15.2. The zero-order valence-corrected chi connectivity index (χ0v) is 22.7. The molecule has 2 fully saturated rings. The molecule has 212 valence electrons. The van der Waals surface area contributed by atoms with Crippen molar-refractivity contribution in [2.45, 2.75) is 82.7 Å². The molecule has 1 atom stereocenters. The van der Waals surface area contributed by atoms with Gasteiger partial charge in [-0.05, 0) is 70.1 Å². The standard InChI is InChI=1S/C26H27Cl2F4N3O4/c1-13-9-16(27)20(17(28)10-13)18(36)11-19(25(29)7-8-25)34-22(37)15-12-33-35(21(15)26(30,31)32)14-3-5-24(2,6-4-14)23(38)39/h9-10,12,14,19H,3-8,11H2,1-2H3,(H,34,37)(H,38,39). The van der Waals surface area contributed by atoms with Crippen molar-refractivity contribution < 1.29 is 37.1 Å². The van der Waals surface area contributed by atoms with Crippen LogP contribution in [0.2, 0.25) is 10.0 Å². The summed E-state index contributed by atoms with van der Waals surface area (Å²) in [5.74, 6) is -2.90. The molecule has 2 aromatic rings. The summed E-state index contributed by atoms with van der Waals surface area (Å²) in [6.45, 7) is 3.26. The monoisotopic (exact) mass is 591 g/mol. The SMILES string of the molecule is Cc1cc(Cl)c(C(=O)CC(NC(=O)c2cnn(C3CCC(C)(C(=O)O)CC3)c2C(F)(F)F)C2(F)CC2)c(Cl)c1. The van der Waals surface area contributed by atoms with Gasteiger partial charge in [0.1, 0.15) is 5.67 Å². The van der Waals surface area contributed by atoms with E-state index in [4.69, 9.17) is 23.2 Å². The second kappa shape index (κ2) is 10.4. The van der Waals surface area contributed by atoms with Crippen LogP contribution in [0, 0.1) is 12.3 Å². The highest BCUT2D eigenvalue weighted by molar-refractivity contribution is 6.40. The molecule has 1 amide bonds. The molecule has 2 saturated carbocycles. The van der Waals surface area contributed by atoms with Crippen molar-refractivity contribution >= 4 is 40.9 Å². The molecular formula is C26H27Cl2F4N3O4. The number of aryl methyl sites for hydroxylation is 1. The summed E-state index contributed by atoms with van der Waals surface area (Å²) in [6.07, 6.45) is -4.18. The molecule has 2 aliphatic rings. The van der Waals surface area contributed by atoms with Gasteiger partial charge in [-0.15, -0.1) is 0 Å². The molecule has 4 rings (SSSR count). The third-order valence-electron chi connectivity index (χ3n) is 7.74. The molecule has 2 N–H and O–H groups in total. The van der Waals surface area contributed by atoms with Crippen molar-refractivity contribution in [3.8, 4) is 0 Å². The Labute approximate surface area is 231 Å². The number of carboxylic acids is 1. The van der Waals surface area contributed by atoms with Gasteiger partial charge in [-0.1, -0.05) is 23.2 Å². The Hall–Kier alpha value is -2.66. The van der Waals surface area contributed by atoms with E-state index in [1.54, 1.807) is 13.8 Å². The van der Waals surface area contributed by atoms with Gasteiger partial charge in [-0.2, -0.15) is 18.3 Å². The zero-order valence-electron chi connectivity index (χ0n) is 21.2. The smallest absolute Gasteiger partial charge is 0.433 e. The fourth-order valence-electron chi connectivity index (χ4n) is 5.11. The van der Waals surface area contributed by atoms with Crippen molar-refractivity contribution in [3.63, 3.8) is 0 Å². The highest BCUT2D eigenvalue weighted by Crippen LogP contribution is 2.46. The first-order valence-corrected chi connectivity index (χ1v) is 13.2. The van der Waals surface area contributed by atoms with Crippen molar-refractivity contribution in [2.75, 3.05) is 0 Å². The molecule has 1 aromatic heterocycles. The molecular weight excluding hydrogens is 565 g/mol. The lowest BCUT2D eigenvalue weighted by Gasteiger charge is -2.34. The summed E-state index contributed by atoms with van der Waals surface area (Å²) in [5.41, 5.74) is -4.48. The summed E-state index contributed by atoms with van der Waals surface area (Å²) < 4.78 is 58.5. The lowest BCUT2D eigenvalue weighted by molar-refractivity contribution is -0.152. The molecule has 1 aromatic carbocycles. The van der Waals surface area contributed by atoms with Crippen LogP contribution in [-0.4, -0.2) is 44.3 Å². The minimum Gasteiger partial charge on any atom is -0.481 e. The molecule has 1 unspecified atom stereocenters. The van der Waals surface area contributed by atoms with Crippen LogP contribution in [0.4, 0.5) is 17.6 Å². The normalized spacial score (nSPS) is 23.2. The summed E-state index contributed by atoms with van der Waals surface area (Å²) in [7, 11) is 0. The number of ketones is 1. The minimum absolute atomic E-state index is 0.0242. The van der Waals surface area contributed by atoms with Gasteiger partial charge in [-0.3, -0.25) is 19.1 Å². The van der Waals surface area contributed by atoms with Gasteiger partial charge < -0.3 is 10.4 Å². The van der Waals surface area contributed by atoms with Gasteiger partial charge in [-0.25, -0.2) is 4.39 Å². The number of nitrogens with one attached hydrogen (secondary N) is 1. The number of amides is 1. The molecule has 7 nitrogen and oxygen atoms in total. The number of alkyl halides is 4. The van der Waals surface area contributed by atoms with E-state index in [0.717, 1.165) is 6.20 Å². The Morgan fingerprint density at radius 3 is 2.21 bits per heavy atom. The van der Waals surface area contributed by atoms with Gasteiger partial charge in [0.15, 0.2) is 11.5 Å². The molecule has 1 heterocycles. The number of carbonyl (C=O) groups excluding carboxylic acids is 2. The lowest BCUT2D eigenvalue weighted by Crippen LogP contribution is -2.44. The fraction of sp³-hybridized carbons (Fsp3) is 0.538. The zero-order chi connectivity index (χ0) is 28.9. The van der Waals surface area contributed by atoms with Crippen LogP contribution in [0.5, 0.6) is 0 Å². The number of nitrogens with zero attached hydrogens (tertiary/aromatic N) is 2. The number of Topliss-reactive ketones (excluding diaryl/α,β-unsaturated/α-hetero) is 1. The second-order valence-electron chi connectivity index (χ2n) is 10.7. The van der Waals surface area contributed by atoms with E-state index in [9.17, 15) is 32.7 Å². The van der Waals surface area contributed by atoms with Gasteiger partial charge in [0, 0.05) is 6.42 Å². The van der Waals surface area contributed by atoms with E-state index in [0.29, 0.717) is 10.2 Å². The topological polar surface area (TPSA) is 101 Å².